The lowest BCUT2D eigenvalue weighted by molar-refractivity contribution is -0.384. The van der Waals surface area contributed by atoms with Gasteiger partial charge in [0.2, 0.25) is 0 Å². The van der Waals surface area contributed by atoms with Gasteiger partial charge in [-0.25, -0.2) is 0 Å². The summed E-state index contributed by atoms with van der Waals surface area (Å²) in [4.78, 5) is 14.9. The molecule has 9 heteroatoms. The number of benzene rings is 1. The minimum Gasteiger partial charge on any atom is -0.355 e. The number of nitrogens with zero attached hydrogens (tertiary/aromatic N) is 6. The molecular formula is C19H25FN6O2. The molecule has 1 aromatic heterocycles. The fourth-order valence-corrected chi connectivity index (χ4v) is 3.36. The van der Waals surface area contributed by atoms with Crippen LogP contribution in [0.5, 0.6) is 0 Å². The van der Waals surface area contributed by atoms with Crippen LogP contribution < -0.4 is 9.80 Å². The highest BCUT2D eigenvalue weighted by molar-refractivity contribution is 6.00. The molecule has 4 rings (SSSR count). The van der Waals surface area contributed by atoms with Gasteiger partial charge in [0, 0.05) is 49.1 Å². The number of anilines is 2. The van der Waals surface area contributed by atoms with Gasteiger partial charge in [0.1, 0.15) is 0 Å². The second-order valence-corrected chi connectivity index (χ2v) is 6.26. The third kappa shape index (κ3) is 4.11. The summed E-state index contributed by atoms with van der Waals surface area (Å²) in [6.07, 6.45) is 2.24. The van der Waals surface area contributed by atoms with Crippen LogP contribution >= 0.6 is 0 Å². The molecule has 2 aliphatic heterocycles. The molecule has 0 spiro atoms. The predicted octanol–water partition coefficient (Wildman–Crippen LogP) is 3.71. The van der Waals surface area contributed by atoms with Crippen LogP contribution in [0.25, 0.3) is 10.8 Å². The van der Waals surface area contributed by atoms with E-state index < -0.39 is 4.92 Å². The number of nitro benzene ring substituents is 1. The van der Waals surface area contributed by atoms with Gasteiger partial charge in [0.05, 0.1) is 24.1 Å². The molecule has 8 nitrogen and oxygen atoms in total. The van der Waals surface area contributed by atoms with Crippen LogP contribution in [0, 0.1) is 27.4 Å². The lowest BCUT2D eigenvalue weighted by atomic mass is 10.0. The molecule has 0 unspecified atom stereocenters. The summed E-state index contributed by atoms with van der Waals surface area (Å²) >= 11 is 0. The average molecular weight is 388 g/mol. The van der Waals surface area contributed by atoms with E-state index in [-0.39, 0.29) is 11.6 Å². The van der Waals surface area contributed by atoms with E-state index in [2.05, 4.69) is 21.2 Å². The van der Waals surface area contributed by atoms with Crippen molar-refractivity contribution in [2.75, 3.05) is 43.2 Å². The maximum absolute atomic E-state index is 11.2. The summed E-state index contributed by atoms with van der Waals surface area (Å²) in [6.45, 7) is 7.04. The molecule has 150 valence electrons. The number of non-ortho nitro benzene ring substituents is 1. The van der Waals surface area contributed by atoms with Gasteiger partial charge in [0.15, 0.2) is 11.6 Å². The fraction of sp³-hybridized carbons (Fsp3) is 0.526. The number of hydrogen-bond donors (Lipinski definition) is 0. The van der Waals surface area contributed by atoms with Crippen molar-refractivity contribution in [1.82, 2.24) is 10.2 Å². The Bertz CT molecular complexity index is 857. The van der Waals surface area contributed by atoms with Crippen LogP contribution in [0.1, 0.15) is 26.7 Å². The second kappa shape index (κ2) is 9.78. The predicted molar refractivity (Wildman–Crippen MR) is 107 cm³/mol. The summed E-state index contributed by atoms with van der Waals surface area (Å²) < 4.78 is 9.50. The standard InChI is InChI=1S/C16H16N6O2.C2H6.CH3F/c17-8-11-9-21(10-11)16-14-7-12(22(23)24)3-4-13(14)15(18-19-16)20-5-1-2-6-20;2*1-2/h3-4,7,11H,1-2,5-6,9-10H2;1-2H3;1H3. The summed E-state index contributed by atoms with van der Waals surface area (Å²) in [6, 6.07) is 7.08. The molecule has 0 bridgehead atoms. The molecule has 2 aliphatic rings. The van der Waals surface area contributed by atoms with Crippen molar-refractivity contribution in [1.29, 1.82) is 5.26 Å². The Hall–Kier alpha value is -3.02. The van der Waals surface area contributed by atoms with E-state index >= 15 is 0 Å². The highest BCUT2D eigenvalue weighted by Gasteiger charge is 2.30. The van der Waals surface area contributed by atoms with Crippen molar-refractivity contribution in [3.8, 4) is 6.07 Å². The third-order valence-electron chi connectivity index (χ3n) is 4.70. The molecule has 2 fully saturated rings. The van der Waals surface area contributed by atoms with Gasteiger partial charge in [-0.3, -0.25) is 14.5 Å². The summed E-state index contributed by atoms with van der Waals surface area (Å²) in [7, 11) is 0.500. The van der Waals surface area contributed by atoms with Crippen molar-refractivity contribution in [2.24, 2.45) is 5.92 Å². The topological polar surface area (TPSA) is 99.2 Å². The largest absolute Gasteiger partial charge is 0.355 e. The van der Waals surface area contributed by atoms with Crippen LogP contribution in [-0.4, -0.2) is 48.5 Å². The van der Waals surface area contributed by atoms with E-state index in [4.69, 9.17) is 5.26 Å². The first-order chi connectivity index (χ1) is 13.7. The monoisotopic (exact) mass is 388 g/mol. The van der Waals surface area contributed by atoms with Gasteiger partial charge < -0.3 is 9.80 Å². The Labute approximate surface area is 163 Å². The first kappa shape index (κ1) is 21.3. The van der Waals surface area contributed by atoms with Crippen LogP contribution in [0.4, 0.5) is 21.7 Å². The molecule has 2 aromatic rings. The van der Waals surface area contributed by atoms with E-state index in [1.807, 2.05) is 18.7 Å². The fourth-order valence-electron chi connectivity index (χ4n) is 3.36. The van der Waals surface area contributed by atoms with Crippen molar-refractivity contribution < 1.29 is 9.31 Å². The molecular weight excluding hydrogens is 363 g/mol. The van der Waals surface area contributed by atoms with Crippen LogP contribution in [0.15, 0.2) is 18.2 Å². The molecule has 0 atom stereocenters. The van der Waals surface area contributed by atoms with Gasteiger partial charge in [-0.2, -0.15) is 5.26 Å². The Kier molecular flexibility index (Phi) is 7.44. The Morgan fingerprint density at radius 2 is 1.68 bits per heavy atom. The van der Waals surface area contributed by atoms with Gasteiger partial charge in [0.25, 0.3) is 5.69 Å². The molecule has 0 amide bonds. The zero-order chi connectivity index (χ0) is 20.7. The molecule has 0 saturated carbocycles. The van der Waals surface area contributed by atoms with Crippen molar-refractivity contribution in [3.05, 3.63) is 28.3 Å². The third-order valence-corrected chi connectivity index (χ3v) is 4.70. The molecule has 0 N–H and O–H groups in total. The first-order valence-electron chi connectivity index (χ1n) is 9.39. The molecule has 0 radical (unpaired) electrons. The number of fused-ring (bicyclic) bond motifs is 1. The number of alkyl halides is 1. The minimum absolute atomic E-state index is 0.0150. The Balaban J connectivity index is 0.000000660. The Morgan fingerprint density at radius 1 is 1.11 bits per heavy atom. The second-order valence-electron chi connectivity index (χ2n) is 6.26. The van der Waals surface area contributed by atoms with Gasteiger partial charge in [-0.15, -0.1) is 10.2 Å². The van der Waals surface area contributed by atoms with Crippen LogP contribution in [0.3, 0.4) is 0 Å². The molecule has 3 heterocycles. The number of halogens is 1. The van der Waals surface area contributed by atoms with Crippen molar-refractivity contribution in [2.45, 2.75) is 26.7 Å². The summed E-state index contributed by atoms with van der Waals surface area (Å²) in [5, 5.41) is 30.5. The first-order valence-corrected chi connectivity index (χ1v) is 9.39. The number of nitriles is 1. The van der Waals surface area contributed by atoms with Gasteiger partial charge in [-0.05, 0) is 18.9 Å². The molecule has 2 saturated heterocycles. The Morgan fingerprint density at radius 3 is 2.21 bits per heavy atom. The molecule has 28 heavy (non-hydrogen) atoms. The average Bonchev–Trinajstić information content (AvgIpc) is 3.24. The van der Waals surface area contributed by atoms with E-state index in [9.17, 15) is 14.5 Å². The van der Waals surface area contributed by atoms with Gasteiger partial charge in [-0.1, -0.05) is 13.8 Å². The zero-order valence-electron chi connectivity index (χ0n) is 16.4. The maximum atomic E-state index is 11.2. The summed E-state index contributed by atoms with van der Waals surface area (Å²) in [5.74, 6) is 1.40. The quantitative estimate of drug-likeness (QED) is 0.584. The highest BCUT2D eigenvalue weighted by Crippen LogP contribution is 2.36. The van der Waals surface area contributed by atoms with Crippen molar-refractivity contribution >= 4 is 28.1 Å². The smallest absolute Gasteiger partial charge is 0.270 e. The van der Waals surface area contributed by atoms with E-state index in [0.29, 0.717) is 26.1 Å². The highest BCUT2D eigenvalue weighted by atomic mass is 19.1. The van der Waals surface area contributed by atoms with Crippen molar-refractivity contribution in [3.63, 3.8) is 0 Å². The van der Waals surface area contributed by atoms with E-state index in [0.717, 1.165) is 42.5 Å². The number of rotatable bonds is 3. The minimum atomic E-state index is -0.395. The van der Waals surface area contributed by atoms with Crippen LogP contribution in [0.2, 0.25) is 0 Å². The number of nitro groups is 1. The summed E-state index contributed by atoms with van der Waals surface area (Å²) in [5.41, 5.74) is 0.0430. The lowest BCUT2D eigenvalue weighted by Gasteiger charge is -2.36. The zero-order valence-corrected chi connectivity index (χ0v) is 16.4. The lowest BCUT2D eigenvalue weighted by Crippen LogP contribution is -2.46. The number of aromatic nitrogens is 2. The molecule has 1 aromatic carbocycles. The maximum Gasteiger partial charge on any atom is 0.270 e. The van der Waals surface area contributed by atoms with E-state index in [1.54, 1.807) is 12.1 Å². The normalized spacial score (nSPS) is 15.7. The molecule has 0 aliphatic carbocycles. The van der Waals surface area contributed by atoms with Gasteiger partial charge >= 0.3 is 0 Å². The van der Waals surface area contributed by atoms with E-state index in [1.165, 1.54) is 6.07 Å². The SMILES string of the molecule is CC.CF.N#CC1CN(c2nnc(N3CCCC3)c3ccc([N+](=O)[O-])cc23)C1. The number of hydrogen-bond acceptors (Lipinski definition) is 7. The van der Waals surface area contributed by atoms with Crippen LogP contribution in [-0.2, 0) is 0 Å².